The average molecular weight is 285 g/mol. The van der Waals surface area contributed by atoms with E-state index in [0.29, 0.717) is 5.75 Å². The summed E-state index contributed by atoms with van der Waals surface area (Å²) in [5.74, 6) is 5.53. The van der Waals surface area contributed by atoms with E-state index in [1.54, 1.807) is 12.5 Å². The number of hydrogen-bond acceptors (Lipinski definition) is 2. The molecular weight excluding hydrogens is 258 g/mol. The van der Waals surface area contributed by atoms with Gasteiger partial charge in [0.05, 0.1) is 0 Å². The summed E-state index contributed by atoms with van der Waals surface area (Å²) in [6.07, 6.45) is 8.64. The van der Waals surface area contributed by atoms with E-state index in [-0.39, 0.29) is 0 Å². The van der Waals surface area contributed by atoms with Crippen LogP contribution in [0, 0.1) is 29.6 Å². The molecular formula is C19H27NO. The second kappa shape index (κ2) is 5.64. The molecule has 4 bridgehead atoms. The molecule has 4 aliphatic carbocycles. The topological polar surface area (TPSA) is 32.3 Å². The highest BCUT2D eigenvalue weighted by molar-refractivity contribution is 5.27. The Balaban J connectivity index is 1.26. The molecule has 114 valence electrons. The minimum atomic E-state index is 0.383. The molecule has 4 fully saturated rings. The zero-order chi connectivity index (χ0) is 14.2. The Hall–Kier alpha value is -1.02. The lowest BCUT2D eigenvalue weighted by Gasteiger charge is -2.54. The van der Waals surface area contributed by atoms with Gasteiger partial charge in [-0.1, -0.05) is 12.1 Å². The number of phenols is 1. The van der Waals surface area contributed by atoms with Gasteiger partial charge in [0.25, 0.3) is 0 Å². The summed E-state index contributed by atoms with van der Waals surface area (Å²) in [5, 5.41) is 13.2. The first kappa shape index (κ1) is 13.6. The Bertz CT molecular complexity index is 470. The monoisotopic (exact) mass is 285 g/mol. The maximum Gasteiger partial charge on any atom is 0.115 e. The van der Waals surface area contributed by atoms with E-state index in [2.05, 4.69) is 11.4 Å². The Morgan fingerprint density at radius 1 is 1.00 bits per heavy atom. The van der Waals surface area contributed by atoms with Crippen LogP contribution in [-0.2, 0) is 6.42 Å². The summed E-state index contributed by atoms with van der Waals surface area (Å²) in [7, 11) is 0. The fourth-order valence-corrected chi connectivity index (χ4v) is 5.58. The standard InChI is InChI=1S/C19H27NO/c21-18-3-1-2-13(11-18)4-5-20-12-19-16-7-14-6-15(9-16)10-17(19)8-14/h1-3,11,14-17,19-21H,4-10,12H2. The van der Waals surface area contributed by atoms with Crippen molar-refractivity contribution < 1.29 is 5.11 Å². The third-order valence-electron chi connectivity index (χ3n) is 6.30. The molecule has 21 heavy (non-hydrogen) atoms. The average Bonchev–Trinajstić information content (AvgIpc) is 2.45. The van der Waals surface area contributed by atoms with Crippen LogP contribution in [0.3, 0.4) is 0 Å². The normalized spacial score (nSPS) is 37.0. The lowest BCUT2D eigenvalue weighted by atomic mass is 9.52. The highest BCUT2D eigenvalue weighted by Crippen LogP contribution is 2.56. The Morgan fingerprint density at radius 2 is 1.71 bits per heavy atom. The van der Waals surface area contributed by atoms with E-state index in [4.69, 9.17) is 0 Å². The molecule has 0 saturated heterocycles. The Kier molecular flexibility index (Phi) is 3.66. The van der Waals surface area contributed by atoms with Gasteiger partial charge in [-0.25, -0.2) is 0 Å². The van der Waals surface area contributed by atoms with Crippen LogP contribution in [0.25, 0.3) is 0 Å². The number of phenolic OH excluding ortho intramolecular Hbond substituents is 1. The Labute approximate surface area is 128 Å². The van der Waals surface area contributed by atoms with Crippen molar-refractivity contribution in [3.05, 3.63) is 29.8 Å². The van der Waals surface area contributed by atoms with Gasteiger partial charge in [0, 0.05) is 0 Å². The molecule has 2 N–H and O–H groups in total. The first-order valence-electron chi connectivity index (χ1n) is 8.76. The highest BCUT2D eigenvalue weighted by atomic mass is 16.3. The summed E-state index contributed by atoms with van der Waals surface area (Å²) >= 11 is 0. The maximum absolute atomic E-state index is 9.49. The van der Waals surface area contributed by atoms with E-state index in [0.717, 1.165) is 42.6 Å². The highest BCUT2D eigenvalue weighted by Gasteiger charge is 2.47. The SMILES string of the molecule is Oc1cccc(CCNCC2C3CC4CC(C3)CC2C4)c1. The third kappa shape index (κ3) is 2.83. The second-order valence-electron chi connectivity index (χ2n) is 7.72. The van der Waals surface area contributed by atoms with Gasteiger partial charge in [-0.05, 0) is 98.9 Å². The van der Waals surface area contributed by atoms with Crippen molar-refractivity contribution in [2.24, 2.45) is 29.6 Å². The van der Waals surface area contributed by atoms with Gasteiger partial charge < -0.3 is 10.4 Å². The van der Waals surface area contributed by atoms with Crippen LogP contribution in [0.2, 0.25) is 0 Å². The molecule has 4 saturated carbocycles. The molecule has 5 rings (SSSR count). The predicted octanol–water partition coefficient (Wildman–Crippen LogP) is 3.60. The molecule has 0 heterocycles. The molecule has 0 amide bonds. The Morgan fingerprint density at radius 3 is 2.38 bits per heavy atom. The lowest BCUT2D eigenvalue weighted by Crippen LogP contribution is -2.48. The van der Waals surface area contributed by atoms with Crippen molar-refractivity contribution in [2.75, 3.05) is 13.1 Å². The minimum absolute atomic E-state index is 0.383. The van der Waals surface area contributed by atoms with Crippen molar-refractivity contribution in [3.63, 3.8) is 0 Å². The van der Waals surface area contributed by atoms with Crippen molar-refractivity contribution in [2.45, 2.75) is 38.5 Å². The zero-order valence-electron chi connectivity index (χ0n) is 12.8. The fourth-order valence-electron chi connectivity index (χ4n) is 5.58. The molecule has 0 aliphatic heterocycles. The van der Waals surface area contributed by atoms with Crippen LogP contribution in [0.15, 0.2) is 24.3 Å². The van der Waals surface area contributed by atoms with Crippen LogP contribution in [0.5, 0.6) is 5.75 Å². The van der Waals surface area contributed by atoms with Crippen molar-refractivity contribution in [1.29, 1.82) is 0 Å². The maximum atomic E-state index is 9.49. The van der Waals surface area contributed by atoms with Gasteiger partial charge in [-0.15, -0.1) is 0 Å². The van der Waals surface area contributed by atoms with E-state index < -0.39 is 0 Å². The van der Waals surface area contributed by atoms with Crippen LogP contribution in [-0.4, -0.2) is 18.2 Å². The summed E-state index contributed by atoms with van der Waals surface area (Å²) in [4.78, 5) is 0. The molecule has 0 atom stereocenters. The summed E-state index contributed by atoms with van der Waals surface area (Å²) < 4.78 is 0. The molecule has 1 aromatic carbocycles. The first-order valence-corrected chi connectivity index (χ1v) is 8.76. The summed E-state index contributed by atoms with van der Waals surface area (Å²) in [6.45, 7) is 2.25. The molecule has 2 heteroatoms. The van der Waals surface area contributed by atoms with E-state index in [9.17, 15) is 5.11 Å². The fraction of sp³-hybridized carbons (Fsp3) is 0.684. The van der Waals surface area contributed by atoms with Crippen molar-refractivity contribution in [3.8, 4) is 5.75 Å². The number of hydrogen-bond donors (Lipinski definition) is 2. The second-order valence-corrected chi connectivity index (χ2v) is 7.72. The van der Waals surface area contributed by atoms with Gasteiger partial charge in [0.2, 0.25) is 0 Å². The van der Waals surface area contributed by atoms with Crippen LogP contribution in [0.4, 0.5) is 0 Å². The van der Waals surface area contributed by atoms with E-state index >= 15 is 0 Å². The van der Waals surface area contributed by atoms with Crippen LogP contribution >= 0.6 is 0 Å². The summed E-state index contributed by atoms with van der Waals surface area (Å²) in [6, 6.07) is 7.66. The molecule has 2 nitrogen and oxygen atoms in total. The van der Waals surface area contributed by atoms with Gasteiger partial charge in [-0.2, -0.15) is 0 Å². The van der Waals surface area contributed by atoms with Crippen molar-refractivity contribution in [1.82, 2.24) is 5.32 Å². The first-order chi connectivity index (χ1) is 10.3. The predicted molar refractivity (Wildman–Crippen MR) is 85.2 cm³/mol. The van der Waals surface area contributed by atoms with Crippen molar-refractivity contribution >= 4 is 0 Å². The molecule has 0 radical (unpaired) electrons. The van der Waals surface area contributed by atoms with Gasteiger partial charge >= 0.3 is 0 Å². The minimum Gasteiger partial charge on any atom is -0.508 e. The summed E-state index contributed by atoms with van der Waals surface area (Å²) in [5.41, 5.74) is 1.23. The number of benzene rings is 1. The lowest BCUT2D eigenvalue weighted by molar-refractivity contribution is -0.0353. The number of nitrogens with one attached hydrogen (secondary N) is 1. The van der Waals surface area contributed by atoms with Crippen LogP contribution < -0.4 is 5.32 Å². The smallest absolute Gasteiger partial charge is 0.115 e. The van der Waals surface area contributed by atoms with Crippen LogP contribution in [0.1, 0.15) is 37.7 Å². The van der Waals surface area contributed by atoms with Gasteiger partial charge in [-0.3, -0.25) is 0 Å². The molecule has 0 spiro atoms. The molecule has 0 unspecified atom stereocenters. The molecule has 4 aliphatic rings. The van der Waals surface area contributed by atoms with Gasteiger partial charge in [0.15, 0.2) is 0 Å². The largest absolute Gasteiger partial charge is 0.508 e. The zero-order valence-corrected chi connectivity index (χ0v) is 12.8. The molecule has 1 aromatic rings. The van der Waals surface area contributed by atoms with E-state index in [1.165, 1.54) is 37.8 Å². The quantitative estimate of drug-likeness (QED) is 0.810. The number of rotatable bonds is 5. The van der Waals surface area contributed by atoms with Gasteiger partial charge in [0.1, 0.15) is 5.75 Å². The number of aromatic hydroxyl groups is 1. The van der Waals surface area contributed by atoms with E-state index in [1.807, 2.05) is 12.1 Å². The third-order valence-corrected chi connectivity index (χ3v) is 6.30. The molecule has 0 aromatic heterocycles.